The van der Waals surface area contributed by atoms with Gasteiger partial charge >= 0.3 is 0 Å². The summed E-state index contributed by atoms with van der Waals surface area (Å²) in [5.41, 5.74) is 1.32. The van der Waals surface area contributed by atoms with Crippen LogP contribution in [0.15, 0.2) is 48.5 Å². The van der Waals surface area contributed by atoms with Crippen molar-refractivity contribution in [1.29, 1.82) is 0 Å². The Hall–Kier alpha value is -2.89. The van der Waals surface area contributed by atoms with Gasteiger partial charge in [0.15, 0.2) is 6.61 Å². The van der Waals surface area contributed by atoms with Crippen molar-refractivity contribution < 1.29 is 14.5 Å². The molecule has 0 spiro atoms. The van der Waals surface area contributed by atoms with Crippen LogP contribution in [0.1, 0.15) is 5.56 Å². The maximum Gasteiger partial charge on any atom is 0.271 e. The molecule has 21 heavy (non-hydrogen) atoms. The number of carbonyl (C=O) groups is 1. The van der Waals surface area contributed by atoms with Crippen molar-refractivity contribution in [3.8, 4) is 5.75 Å². The molecule has 0 atom stereocenters. The molecule has 0 unspecified atom stereocenters. The number of anilines is 1. The Morgan fingerprint density at radius 3 is 2.71 bits per heavy atom. The smallest absolute Gasteiger partial charge is 0.271 e. The normalized spacial score (nSPS) is 9.95. The molecule has 2 aromatic rings. The first-order valence-corrected chi connectivity index (χ1v) is 6.28. The maximum atomic E-state index is 11.7. The van der Waals surface area contributed by atoms with Gasteiger partial charge in [0.2, 0.25) is 0 Å². The molecule has 6 nitrogen and oxygen atoms in total. The quantitative estimate of drug-likeness (QED) is 0.676. The fourth-order valence-electron chi connectivity index (χ4n) is 1.75. The summed E-state index contributed by atoms with van der Waals surface area (Å²) in [7, 11) is 0. The number of amides is 1. The SMILES string of the molecule is Cc1cccc(OCC(=O)Nc2cccc([N+](=O)[O-])c2)c1. The van der Waals surface area contributed by atoms with Gasteiger partial charge in [-0.05, 0) is 30.7 Å². The van der Waals surface area contributed by atoms with Crippen LogP contribution in [0.2, 0.25) is 0 Å². The number of nitrogens with zero attached hydrogens (tertiary/aromatic N) is 1. The Balaban J connectivity index is 1.93. The van der Waals surface area contributed by atoms with Gasteiger partial charge in [0.25, 0.3) is 11.6 Å². The highest BCUT2D eigenvalue weighted by atomic mass is 16.6. The van der Waals surface area contributed by atoms with E-state index in [0.717, 1.165) is 5.56 Å². The zero-order valence-electron chi connectivity index (χ0n) is 11.4. The second-order valence-corrected chi connectivity index (χ2v) is 4.46. The van der Waals surface area contributed by atoms with Gasteiger partial charge in [0.05, 0.1) is 4.92 Å². The number of rotatable bonds is 5. The lowest BCUT2D eigenvalue weighted by atomic mass is 10.2. The van der Waals surface area contributed by atoms with E-state index in [1.165, 1.54) is 18.2 Å². The summed E-state index contributed by atoms with van der Waals surface area (Å²) in [5.74, 6) is 0.223. The van der Waals surface area contributed by atoms with Crippen LogP contribution in [0, 0.1) is 17.0 Å². The van der Waals surface area contributed by atoms with E-state index in [4.69, 9.17) is 4.74 Å². The molecule has 0 radical (unpaired) electrons. The zero-order chi connectivity index (χ0) is 15.2. The summed E-state index contributed by atoms with van der Waals surface area (Å²) in [6.07, 6.45) is 0. The average Bonchev–Trinajstić information content (AvgIpc) is 2.45. The van der Waals surface area contributed by atoms with Gasteiger partial charge in [-0.1, -0.05) is 18.2 Å². The van der Waals surface area contributed by atoms with E-state index in [-0.39, 0.29) is 18.2 Å². The minimum absolute atomic E-state index is 0.0765. The molecule has 0 saturated heterocycles. The molecule has 2 aromatic carbocycles. The highest BCUT2D eigenvalue weighted by Crippen LogP contribution is 2.17. The summed E-state index contributed by atoms with van der Waals surface area (Å²) in [5, 5.41) is 13.2. The molecular formula is C15H14N2O4. The molecule has 1 N–H and O–H groups in total. The summed E-state index contributed by atoms with van der Waals surface area (Å²) in [4.78, 5) is 21.9. The third-order valence-electron chi connectivity index (χ3n) is 2.70. The van der Waals surface area contributed by atoms with Crippen molar-refractivity contribution >= 4 is 17.3 Å². The number of aryl methyl sites for hydroxylation is 1. The molecule has 0 aliphatic heterocycles. The molecule has 0 heterocycles. The summed E-state index contributed by atoms with van der Waals surface area (Å²) >= 11 is 0. The Bertz CT molecular complexity index is 670. The number of nitro benzene ring substituents is 1. The summed E-state index contributed by atoms with van der Waals surface area (Å²) < 4.78 is 5.35. The van der Waals surface area contributed by atoms with E-state index in [2.05, 4.69) is 5.32 Å². The standard InChI is InChI=1S/C15H14N2O4/c1-11-4-2-7-14(8-11)21-10-15(18)16-12-5-3-6-13(9-12)17(19)20/h2-9H,10H2,1H3,(H,16,18). The minimum atomic E-state index is -0.515. The Kier molecular flexibility index (Phi) is 4.50. The topological polar surface area (TPSA) is 81.5 Å². The van der Waals surface area contributed by atoms with Gasteiger partial charge in [-0.15, -0.1) is 0 Å². The number of nitro groups is 1. The van der Waals surface area contributed by atoms with Gasteiger partial charge in [0.1, 0.15) is 5.75 Å². The predicted molar refractivity (Wildman–Crippen MR) is 78.4 cm³/mol. The van der Waals surface area contributed by atoms with Gasteiger partial charge in [-0.25, -0.2) is 0 Å². The fraction of sp³-hybridized carbons (Fsp3) is 0.133. The van der Waals surface area contributed by atoms with Crippen LogP contribution in [-0.2, 0) is 4.79 Å². The van der Waals surface area contributed by atoms with E-state index in [0.29, 0.717) is 11.4 Å². The fourth-order valence-corrected chi connectivity index (χ4v) is 1.75. The van der Waals surface area contributed by atoms with Gasteiger partial charge in [0, 0.05) is 17.8 Å². The largest absolute Gasteiger partial charge is 0.484 e. The van der Waals surface area contributed by atoms with Crippen molar-refractivity contribution in [2.45, 2.75) is 6.92 Å². The van der Waals surface area contributed by atoms with Crippen LogP contribution in [0.5, 0.6) is 5.75 Å². The van der Waals surface area contributed by atoms with Crippen LogP contribution >= 0.6 is 0 Å². The molecule has 1 amide bonds. The van der Waals surface area contributed by atoms with Crippen molar-refractivity contribution in [3.63, 3.8) is 0 Å². The third kappa shape index (κ3) is 4.31. The van der Waals surface area contributed by atoms with Crippen molar-refractivity contribution in [2.24, 2.45) is 0 Å². The number of non-ortho nitro benzene ring substituents is 1. The lowest BCUT2D eigenvalue weighted by molar-refractivity contribution is -0.384. The van der Waals surface area contributed by atoms with Gasteiger partial charge in [-0.2, -0.15) is 0 Å². The van der Waals surface area contributed by atoms with Crippen molar-refractivity contribution in [2.75, 3.05) is 11.9 Å². The summed E-state index contributed by atoms with van der Waals surface area (Å²) in [6, 6.07) is 13.1. The number of hydrogen-bond acceptors (Lipinski definition) is 4. The molecule has 0 bridgehead atoms. The average molecular weight is 286 g/mol. The molecule has 6 heteroatoms. The first-order chi connectivity index (χ1) is 10.0. The van der Waals surface area contributed by atoms with Crippen LogP contribution < -0.4 is 10.1 Å². The lowest BCUT2D eigenvalue weighted by Gasteiger charge is -2.08. The molecule has 0 aliphatic rings. The molecule has 0 saturated carbocycles. The number of carbonyl (C=O) groups excluding carboxylic acids is 1. The van der Waals surface area contributed by atoms with Crippen LogP contribution in [0.4, 0.5) is 11.4 Å². The van der Waals surface area contributed by atoms with Crippen LogP contribution in [-0.4, -0.2) is 17.4 Å². The second kappa shape index (κ2) is 6.51. The molecule has 0 aliphatic carbocycles. The maximum absolute atomic E-state index is 11.7. The molecule has 0 aromatic heterocycles. The highest BCUT2D eigenvalue weighted by Gasteiger charge is 2.08. The lowest BCUT2D eigenvalue weighted by Crippen LogP contribution is -2.20. The Morgan fingerprint density at radius 2 is 2.00 bits per heavy atom. The highest BCUT2D eigenvalue weighted by molar-refractivity contribution is 5.92. The molecule has 0 fully saturated rings. The zero-order valence-corrected chi connectivity index (χ0v) is 11.4. The van der Waals surface area contributed by atoms with E-state index in [9.17, 15) is 14.9 Å². The minimum Gasteiger partial charge on any atom is -0.484 e. The molecular weight excluding hydrogens is 272 g/mol. The first-order valence-electron chi connectivity index (χ1n) is 6.28. The third-order valence-corrected chi connectivity index (χ3v) is 2.70. The van der Waals surface area contributed by atoms with E-state index < -0.39 is 4.92 Å². The van der Waals surface area contributed by atoms with Gasteiger partial charge < -0.3 is 10.1 Å². The van der Waals surface area contributed by atoms with Crippen molar-refractivity contribution in [1.82, 2.24) is 0 Å². The second-order valence-electron chi connectivity index (χ2n) is 4.46. The number of nitrogens with one attached hydrogen (secondary N) is 1. The summed E-state index contributed by atoms with van der Waals surface area (Å²) in [6.45, 7) is 1.77. The van der Waals surface area contributed by atoms with Crippen LogP contribution in [0.25, 0.3) is 0 Å². The number of benzene rings is 2. The predicted octanol–water partition coefficient (Wildman–Crippen LogP) is 2.92. The number of ether oxygens (including phenoxy) is 1. The Morgan fingerprint density at radius 1 is 1.24 bits per heavy atom. The molecule has 108 valence electrons. The van der Waals surface area contributed by atoms with Crippen LogP contribution in [0.3, 0.4) is 0 Å². The Labute approximate surface area is 121 Å². The monoisotopic (exact) mass is 286 g/mol. The van der Waals surface area contributed by atoms with Crippen molar-refractivity contribution in [3.05, 3.63) is 64.2 Å². The van der Waals surface area contributed by atoms with E-state index >= 15 is 0 Å². The van der Waals surface area contributed by atoms with E-state index in [1.807, 2.05) is 25.1 Å². The number of hydrogen-bond donors (Lipinski definition) is 1. The van der Waals surface area contributed by atoms with Gasteiger partial charge in [-0.3, -0.25) is 14.9 Å². The first kappa shape index (κ1) is 14.5. The molecule has 2 rings (SSSR count). The van der Waals surface area contributed by atoms with E-state index in [1.54, 1.807) is 12.1 Å².